The van der Waals surface area contributed by atoms with E-state index in [9.17, 15) is 9.90 Å². The summed E-state index contributed by atoms with van der Waals surface area (Å²) in [5, 5.41) is 18.4. The molecular weight excluding hydrogens is 206 g/mol. The Morgan fingerprint density at radius 1 is 1.38 bits per heavy atom. The van der Waals surface area contributed by atoms with Crippen molar-refractivity contribution >= 4 is 5.97 Å². The molecule has 0 aromatic heterocycles. The fraction of sp³-hybridized carbons (Fsp3) is 0.417. The maximum atomic E-state index is 10.8. The fourth-order valence-corrected chi connectivity index (χ4v) is 1.67. The molecule has 0 saturated heterocycles. The van der Waals surface area contributed by atoms with Gasteiger partial charge in [0, 0.05) is 5.92 Å². The molecular formula is C12H17NO3. The molecule has 0 radical (unpaired) electrons. The Labute approximate surface area is 94.7 Å². The molecule has 0 aliphatic heterocycles. The Morgan fingerprint density at radius 2 is 1.94 bits per heavy atom. The van der Waals surface area contributed by atoms with Crippen LogP contribution in [0.15, 0.2) is 30.3 Å². The molecule has 0 saturated carbocycles. The summed E-state index contributed by atoms with van der Waals surface area (Å²) in [4.78, 5) is 10.8. The third-order valence-corrected chi connectivity index (χ3v) is 2.68. The molecule has 0 amide bonds. The van der Waals surface area contributed by atoms with E-state index in [4.69, 9.17) is 10.8 Å². The van der Waals surface area contributed by atoms with Crippen LogP contribution in [-0.4, -0.2) is 28.3 Å². The average molecular weight is 223 g/mol. The second-order valence-corrected chi connectivity index (χ2v) is 3.96. The third kappa shape index (κ3) is 3.32. The van der Waals surface area contributed by atoms with Crippen molar-refractivity contribution in [3.63, 3.8) is 0 Å². The minimum atomic E-state index is -1.08. The number of nitrogens with two attached hydrogens (primary N) is 1. The predicted octanol–water partition coefficient (Wildman–Crippen LogP) is 0.638. The van der Waals surface area contributed by atoms with Gasteiger partial charge >= 0.3 is 5.97 Å². The summed E-state index contributed by atoms with van der Waals surface area (Å²) >= 11 is 0. The van der Waals surface area contributed by atoms with Gasteiger partial charge in [0.25, 0.3) is 0 Å². The lowest BCUT2D eigenvalue weighted by Gasteiger charge is -2.23. The van der Waals surface area contributed by atoms with Crippen LogP contribution < -0.4 is 5.73 Å². The summed E-state index contributed by atoms with van der Waals surface area (Å²) in [6.45, 7) is 1.57. The number of carbonyl (C=O) groups is 1. The number of carboxylic acids is 1. The molecule has 4 nitrogen and oxygen atoms in total. The van der Waals surface area contributed by atoms with Gasteiger partial charge < -0.3 is 15.9 Å². The molecule has 2 unspecified atom stereocenters. The van der Waals surface area contributed by atoms with E-state index in [1.54, 1.807) is 6.92 Å². The van der Waals surface area contributed by atoms with Gasteiger partial charge in [0.15, 0.2) is 0 Å². The summed E-state index contributed by atoms with van der Waals surface area (Å²) in [6, 6.07) is 8.38. The lowest BCUT2D eigenvalue weighted by atomic mass is 9.88. The predicted molar refractivity (Wildman–Crippen MR) is 60.9 cm³/mol. The number of benzene rings is 1. The van der Waals surface area contributed by atoms with Crippen molar-refractivity contribution in [3.05, 3.63) is 35.9 Å². The minimum Gasteiger partial charge on any atom is -0.480 e. The molecule has 4 N–H and O–H groups in total. The van der Waals surface area contributed by atoms with Crippen LogP contribution in [0.5, 0.6) is 0 Å². The van der Waals surface area contributed by atoms with Crippen LogP contribution >= 0.6 is 0 Å². The minimum absolute atomic E-state index is 0.464. The first-order chi connectivity index (χ1) is 7.52. The van der Waals surface area contributed by atoms with Crippen LogP contribution in [0.1, 0.15) is 12.5 Å². The van der Waals surface area contributed by atoms with E-state index in [0.717, 1.165) is 5.56 Å². The molecule has 0 fully saturated rings. The summed E-state index contributed by atoms with van der Waals surface area (Å²) in [5.74, 6) is -1.55. The van der Waals surface area contributed by atoms with Gasteiger partial charge in [-0.3, -0.25) is 4.79 Å². The molecule has 0 bridgehead atoms. The molecule has 1 rings (SSSR count). The highest BCUT2D eigenvalue weighted by atomic mass is 16.4. The van der Waals surface area contributed by atoms with Crippen LogP contribution in [0.3, 0.4) is 0 Å². The first kappa shape index (κ1) is 12.7. The van der Waals surface area contributed by atoms with Gasteiger partial charge in [-0.15, -0.1) is 0 Å². The Kier molecular flexibility index (Phi) is 4.46. The zero-order valence-corrected chi connectivity index (χ0v) is 9.21. The van der Waals surface area contributed by atoms with E-state index >= 15 is 0 Å². The van der Waals surface area contributed by atoms with Crippen molar-refractivity contribution in [1.82, 2.24) is 0 Å². The Balaban J connectivity index is 2.77. The first-order valence-corrected chi connectivity index (χ1v) is 5.22. The molecule has 0 aliphatic rings. The van der Waals surface area contributed by atoms with Gasteiger partial charge in [-0.1, -0.05) is 30.3 Å². The van der Waals surface area contributed by atoms with Gasteiger partial charge in [-0.25, -0.2) is 0 Å². The summed E-state index contributed by atoms with van der Waals surface area (Å²) in [6.07, 6.45) is -0.280. The SMILES string of the molecule is C[C@H](O)C(Cc1ccccc1)C(N)C(=O)O. The summed E-state index contributed by atoms with van der Waals surface area (Å²) < 4.78 is 0. The normalized spacial score (nSPS) is 16.4. The van der Waals surface area contributed by atoms with Crippen molar-refractivity contribution in [2.24, 2.45) is 11.7 Å². The largest absolute Gasteiger partial charge is 0.480 e. The molecule has 0 spiro atoms. The monoisotopic (exact) mass is 223 g/mol. The van der Waals surface area contributed by atoms with Crippen LogP contribution in [0.4, 0.5) is 0 Å². The molecule has 4 heteroatoms. The number of aliphatic hydroxyl groups excluding tert-OH is 1. The highest BCUT2D eigenvalue weighted by molar-refractivity contribution is 5.73. The van der Waals surface area contributed by atoms with Crippen molar-refractivity contribution in [1.29, 1.82) is 0 Å². The number of aliphatic hydroxyl groups is 1. The highest BCUT2D eigenvalue weighted by Crippen LogP contribution is 2.15. The molecule has 1 aromatic carbocycles. The number of rotatable bonds is 5. The number of hydrogen-bond donors (Lipinski definition) is 3. The average Bonchev–Trinajstić information content (AvgIpc) is 2.26. The van der Waals surface area contributed by atoms with Crippen molar-refractivity contribution in [3.8, 4) is 0 Å². The van der Waals surface area contributed by atoms with E-state index in [2.05, 4.69) is 0 Å². The topological polar surface area (TPSA) is 83.5 Å². The van der Waals surface area contributed by atoms with Gasteiger partial charge in [0.1, 0.15) is 6.04 Å². The fourth-order valence-electron chi connectivity index (χ4n) is 1.67. The number of carboxylic acid groups (broad SMARTS) is 1. The van der Waals surface area contributed by atoms with E-state index in [1.807, 2.05) is 30.3 Å². The van der Waals surface area contributed by atoms with Gasteiger partial charge in [-0.2, -0.15) is 0 Å². The van der Waals surface area contributed by atoms with Gasteiger partial charge in [-0.05, 0) is 18.9 Å². The molecule has 88 valence electrons. The molecule has 16 heavy (non-hydrogen) atoms. The smallest absolute Gasteiger partial charge is 0.320 e. The second-order valence-electron chi connectivity index (χ2n) is 3.96. The van der Waals surface area contributed by atoms with E-state index < -0.39 is 24.0 Å². The standard InChI is InChI=1S/C12H17NO3/c1-8(14)10(11(13)12(15)16)7-9-5-3-2-4-6-9/h2-6,8,10-11,14H,7,13H2,1H3,(H,15,16)/t8-,10?,11?/m0/s1. The lowest BCUT2D eigenvalue weighted by molar-refractivity contribution is -0.141. The number of hydrogen-bond acceptors (Lipinski definition) is 3. The zero-order valence-electron chi connectivity index (χ0n) is 9.21. The van der Waals surface area contributed by atoms with Crippen LogP contribution in [-0.2, 0) is 11.2 Å². The lowest BCUT2D eigenvalue weighted by Crippen LogP contribution is -2.44. The maximum Gasteiger partial charge on any atom is 0.320 e. The van der Waals surface area contributed by atoms with E-state index in [0.29, 0.717) is 6.42 Å². The highest BCUT2D eigenvalue weighted by Gasteiger charge is 2.28. The zero-order chi connectivity index (χ0) is 12.1. The van der Waals surface area contributed by atoms with Crippen molar-refractivity contribution in [2.45, 2.75) is 25.5 Å². The number of aliphatic carboxylic acids is 1. The van der Waals surface area contributed by atoms with Crippen LogP contribution in [0, 0.1) is 5.92 Å². The van der Waals surface area contributed by atoms with Crippen LogP contribution in [0.25, 0.3) is 0 Å². The van der Waals surface area contributed by atoms with E-state index in [-0.39, 0.29) is 0 Å². The molecule has 0 heterocycles. The summed E-state index contributed by atoms with van der Waals surface area (Å²) in [7, 11) is 0. The molecule has 1 aromatic rings. The second kappa shape index (κ2) is 5.63. The molecule has 0 aliphatic carbocycles. The quantitative estimate of drug-likeness (QED) is 0.684. The van der Waals surface area contributed by atoms with Crippen molar-refractivity contribution < 1.29 is 15.0 Å². The molecule has 3 atom stereocenters. The van der Waals surface area contributed by atoms with Crippen molar-refractivity contribution in [2.75, 3.05) is 0 Å². The van der Waals surface area contributed by atoms with Gasteiger partial charge in [0.05, 0.1) is 6.10 Å². The first-order valence-electron chi connectivity index (χ1n) is 5.22. The maximum absolute atomic E-state index is 10.8. The Bertz CT molecular complexity index is 337. The van der Waals surface area contributed by atoms with E-state index in [1.165, 1.54) is 0 Å². The van der Waals surface area contributed by atoms with Crippen LogP contribution in [0.2, 0.25) is 0 Å². The summed E-state index contributed by atoms with van der Waals surface area (Å²) in [5.41, 5.74) is 6.53. The third-order valence-electron chi connectivity index (χ3n) is 2.68. The Morgan fingerprint density at radius 3 is 2.38 bits per heavy atom. The Hall–Kier alpha value is -1.39. The van der Waals surface area contributed by atoms with Gasteiger partial charge in [0.2, 0.25) is 0 Å².